The quantitative estimate of drug-likeness (QED) is 0.716. The molecule has 4 rings (SSSR count). The highest BCUT2D eigenvalue weighted by Crippen LogP contribution is 2.23. The molecule has 2 heterocycles. The minimum atomic E-state index is -0.141. The molecule has 3 aromatic rings. The van der Waals surface area contributed by atoms with Crippen LogP contribution in [-0.4, -0.2) is 35.3 Å². The van der Waals surface area contributed by atoms with Crippen molar-refractivity contribution in [2.24, 2.45) is 0 Å². The third-order valence-electron chi connectivity index (χ3n) is 5.31. The molecule has 0 spiro atoms. The van der Waals surface area contributed by atoms with Gasteiger partial charge in [-0.15, -0.1) is 0 Å². The third kappa shape index (κ3) is 3.97. The van der Waals surface area contributed by atoms with Gasteiger partial charge < -0.3 is 10.6 Å². The maximum Gasteiger partial charge on any atom is 0.274 e. The lowest BCUT2D eigenvalue weighted by Crippen LogP contribution is -2.32. The van der Waals surface area contributed by atoms with Crippen molar-refractivity contribution < 1.29 is 4.79 Å². The number of carbonyl (C=O) groups excluding carboxylic acids is 1. The molecule has 28 heavy (non-hydrogen) atoms. The Balaban J connectivity index is 1.35. The minimum Gasteiger partial charge on any atom is -0.350 e. The zero-order chi connectivity index (χ0) is 19.3. The number of piperidine rings is 1. The monoisotopic (exact) mass is 376 g/mol. The summed E-state index contributed by atoms with van der Waals surface area (Å²) in [6.07, 6.45) is 4.05. The summed E-state index contributed by atoms with van der Waals surface area (Å²) in [5.74, 6) is 0.388. The fourth-order valence-electron chi connectivity index (χ4n) is 3.71. The lowest BCUT2D eigenvalue weighted by Gasteiger charge is -2.23. The van der Waals surface area contributed by atoms with Gasteiger partial charge in [-0.3, -0.25) is 9.59 Å². The molecular weight excluding hydrogens is 352 g/mol. The van der Waals surface area contributed by atoms with E-state index < -0.39 is 0 Å². The van der Waals surface area contributed by atoms with Crippen molar-refractivity contribution in [3.63, 3.8) is 0 Å². The predicted molar refractivity (Wildman–Crippen MR) is 110 cm³/mol. The first kappa shape index (κ1) is 18.4. The number of nitrogens with zero attached hydrogens (tertiary/aromatic N) is 2. The molecule has 144 valence electrons. The lowest BCUT2D eigenvalue weighted by atomic mass is 9.91. The second-order valence-electron chi connectivity index (χ2n) is 7.18. The first-order chi connectivity index (χ1) is 13.7. The Morgan fingerprint density at radius 2 is 2.00 bits per heavy atom. The van der Waals surface area contributed by atoms with Crippen molar-refractivity contribution in [3.8, 4) is 0 Å². The highest BCUT2D eigenvalue weighted by Gasteiger charge is 2.15. The summed E-state index contributed by atoms with van der Waals surface area (Å²) in [5, 5.41) is 11.9. The molecule has 1 fully saturated rings. The zero-order valence-corrected chi connectivity index (χ0v) is 15.7. The van der Waals surface area contributed by atoms with Crippen LogP contribution in [-0.2, 0) is 6.54 Å². The summed E-state index contributed by atoms with van der Waals surface area (Å²) in [7, 11) is 0. The van der Waals surface area contributed by atoms with Crippen LogP contribution in [0.1, 0.15) is 34.7 Å². The molecule has 0 unspecified atom stereocenters. The van der Waals surface area contributed by atoms with E-state index in [4.69, 9.17) is 0 Å². The molecule has 1 atom stereocenters. The fourth-order valence-corrected chi connectivity index (χ4v) is 3.71. The van der Waals surface area contributed by atoms with Gasteiger partial charge >= 0.3 is 0 Å². The van der Waals surface area contributed by atoms with Gasteiger partial charge in [0, 0.05) is 24.0 Å². The van der Waals surface area contributed by atoms with Crippen LogP contribution in [0.2, 0.25) is 0 Å². The van der Waals surface area contributed by atoms with E-state index in [1.165, 1.54) is 23.1 Å². The van der Waals surface area contributed by atoms with E-state index in [0.717, 1.165) is 18.5 Å². The number of hydrogen-bond donors (Lipinski definition) is 2. The van der Waals surface area contributed by atoms with Gasteiger partial charge in [0.1, 0.15) is 0 Å². The van der Waals surface area contributed by atoms with Crippen molar-refractivity contribution in [2.75, 3.05) is 19.6 Å². The van der Waals surface area contributed by atoms with Gasteiger partial charge in [0.05, 0.1) is 18.1 Å². The van der Waals surface area contributed by atoms with Gasteiger partial charge in [-0.2, -0.15) is 5.10 Å². The second-order valence-corrected chi connectivity index (χ2v) is 7.18. The number of amides is 1. The Morgan fingerprint density at radius 3 is 2.79 bits per heavy atom. The minimum absolute atomic E-state index is 0.137. The summed E-state index contributed by atoms with van der Waals surface area (Å²) in [6, 6.07) is 15.2. The molecule has 0 aliphatic carbocycles. The summed E-state index contributed by atoms with van der Waals surface area (Å²) in [5.41, 5.74) is 1.76. The highest BCUT2D eigenvalue weighted by atomic mass is 16.2. The van der Waals surface area contributed by atoms with Gasteiger partial charge in [-0.05, 0) is 49.1 Å². The first-order valence-electron chi connectivity index (χ1n) is 9.76. The zero-order valence-electron chi connectivity index (χ0n) is 15.7. The van der Waals surface area contributed by atoms with Crippen LogP contribution in [0.5, 0.6) is 0 Å². The Morgan fingerprint density at radius 1 is 1.18 bits per heavy atom. The molecule has 6 nitrogen and oxygen atoms in total. The van der Waals surface area contributed by atoms with Crippen LogP contribution in [0.4, 0.5) is 0 Å². The normalized spacial score (nSPS) is 16.8. The highest BCUT2D eigenvalue weighted by molar-refractivity contribution is 5.94. The number of nitrogens with one attached hydrogen (secondary N) is 2. The molecule has 2 aromatic carbocycles. The van der Waals surface area contributed by atoms with E-state index in [9.17, 15) is 9.59 Å². The van der Waals surface area contributed by atoms with Gasteiger partial charge in [0.2, 0.25) is 0 Å². The van der Waals surface area contributed by atoms with E-state index in [0.29, 0.717) is 30.0 Å². The van der Waals surface area contributed by atoms with Crippen molar-refractivity contribution in [1.82, 2.24) is 20.4 Å². The van der Waals surface area contributed by atoms with Crippen molar-refractivity contribution >= 4 is 16.7 Å². The predicted octanol–water partition coefficient (Wildman–Crippen LogP) is 2.29. The van der Waals surface area contributed by atoms with E-state index in [-0.39, 0.29) is 11.5 Å². The van der Waals surface area contributed by atoms with Gasteiger partial charge in [-0.25, -0.2) is 4.68 Å². The summed E-state index contributed by atoms with van der Waals surface area (Å²) in [6.45, 7) is 2.77. The molecule has 0 saturated carbocycles. The Labute approximate surface area is 163 Å². The molecule has 6 heteroatoms. The smallest absolute Gasteiger partial charge is 0.274 e. The van der Waals surface area contributed by atoms with E-state index in [2.05, 4.69) is 15.7 Å². The lowest BCUT2D eigenvalue weighted by molar-refractivity contribution is 0.0951. The summed E-state index contributed by atoms with van der Waals surface area (Å²) < 4.78 is 1.39. The van der Waals surface area contributed by atoms with Crippen LogP contribution >= 0.6 is 0 Å². The average molecular weight is 376 g/mol. The van der Waals surface area contributed by atoms with Crippen LogP contribution in [0.25, 0.3) is 10.8 Å². The number of aromatic nitrogens is 2. The number of benzene rings is 2. The second kappa shape index (κ2) is 8.35. The molecule has 1 aromatic heterocycles. The van der Waals surface area contributed by atoms with Gasteiger partial charge in [0.25, 0.3) is 11.5 Å². The standard InChI is InChI=1S/C22H24N4O2/c27-21(17-9-7-16(8-10-17)18-5-3-11-23-14-18)24-12-13-26-22(28)20-6-2-1-4-19(20)15-25-26/h1-2,4,6-10,15,18,23H,3,5,11-14H2,(H,24,27)/t18-/m0/s1. The van der Waals surface area contributed by atoms with Gasteiger partial charge in [0.15, 0.2) is 0 Å². The Bertz CT molecular complexity index is 1020. The van der Waals surface area contributed by atoms with Gasteiger partial charge in [-0.1, -0.05) is 30.3 Å². The average Bonchev–Trinajstić information content (AvgIpc) is 2.76. The largest absolute Gasteiger partial charge is 0.350 e. The van der Waals surface area contributed by atoms with Crippen molar-refractivity contribution in [3.05, 3.63) is 76.2 Å². The van der Waals surface area contributed by atoms with Crippen molar-refractivity contribution in [1.29, 1.82) is 0 Å². The number of carbonyl (C=O) groups is 1. The SMILES string of the molecule is O=C(NCCn1ncc2ccccc2c1=O)c1ccc([C@H]2CCCNC2)cc1. The molecule has 1 aliphatic rings. The van der Waals surface area contributed by atoms with E-state index in [1.807, 2.05) is 42.5 Å². The number of rotatable bonds is 5. The van der Waals surface area contributed by atoms with Crippen LogP contribution in [0.3, 0.4) is 0 Å². The van der Waals surface area contributed by atoms with Crippen molar-refractivity contribution in [2.45, 2.75) is 25.3 Å². The van der Waals surface area contributed by atoms with Crippen LogP contribution < -0.4 is 16.2 Å². The number of hydrogen-bond acceptors (Lipinski definition) is 4. The van der Waals surface area contributed by atoms with E-state index >= 15 is 0 Å². The molecule has 1 saturated heterocycles. The maximum atomic E-state index is 12.4. The van der Waals surface area contributed by atoms with Crippen LogP contribution in [0.15, 0.2) is 59.5 Å². The maximum absolute atomic E-state index is 12.4. The first-order valence-corrected chi connectivity index (χ1v) is 9.76. The summed E-state index contributed by atoms with van der Waals surface area (Å²) >= 11 is 0. The molecular formula is C22H24N4O2. The molecule has 0 radical (unpaired) electrons. The van der Waals surface area contributed by atoms with E-state index in [1.54, 1.807) is 12.3 Å². The number of fused-ring (bicyclic) bond motifs is 1. The molecule has 0 bridgehead atoms. The molecule has 1 amide bonds. The topological polar surface area (TPSA) is 76.0 Å². The Kier molecular flexibility index (Phi) is 5.48. The molecule has 2 N–H and O–H groups in total. The molecule has 1 aliphatic heterocycles. The summed E-state index contributed by atoms with van der Waals surface area (Å²) in [4.78, 5) is 24.8. The third-order valence-corrected chi connectivity index (χ3v) is 5.31. The van der Waals surface area contributed by atoms with Crippen LogP contribution in [0, 0.1) is 0 Å². The Hall–Kier alpha value is -2.99. The fraction of sp³-hybridized carbons (Fsp3) is 0.318.